The van der Waals surface area contributed by atoms with E-state index in [0.29, 0.717) is 23.6 Å². The number of aromatic nitrogens is 23. The summed E-state index contributed by atoms with van der Waals surface area (Å²) in [6, 6.07) is 85.1. The van der Waals surface area contributed by atoms with Crippen LogP contribution in [0.15, 0.2) is 335 Å². The third-order valence-electron chi connectivity index (χ3n) is 24.5. The summed E-state index contributed by atoms with van der Waals surface area (Å²) >= 11 is 0. The van der Waals surface area contributed by atoms with Gasteiger partial charge < -0.3 is 40.5 Å². The van der Waals surface area contributed by atoms with Crippen molar-refractivity contribution < 1.29 is 9.59 Å². The van der Waals surface area contributed by atoms with Crippen molar-refractivity contribution in [2.45, 2.75) is 46.3 Å². The highest BCUT2D eigenvalue weighted by Gasteiger charge is 2.24. The highest BCUT2D eigenvalue weighted by molar-refractivity contribution is 6.13. The molecule has 0 saturated heterocycles. The van der Waals surface area contributed by atoms with Crippen molar-refractivity contribution in [2.24, 2.45) is 0 Å². The maximum atomic E-state index is 12.8. The van der Waals surface area contributed by atoms with Crippen molar-refractivity contribution in [3.8, 4) is 90.6 Å². The maximum Gasteiger partial charge on any atom is 0.257 e. The zero-order valence-electron chi connectivity index (χ0n) is 74.2. The molecule has 0 atom stereocenters. The third kappa shape index (κ3) is 16.2. The van der Waals surface area contributed by atoms with Crippen LogP contribution in [-0.2, 0) is 17.9 Å². The molecule has 0 aliphatic rings. The highest BCUT2D eigenvalue weighted by atomic mass is 16.2. The van der Waals surface area contributed by atoms with Crippen LogP contribution in [0.4, 0.5) is 11.4 Å². The second kappa shape index (κ2) is 34.9. The van der Waals surface area contributed by atoms with Crippen molar-refractivity contribution in [2.75, 3.05) is 10.6 Å². The van der Waals surface area contributed by atoms with E-state index in [2.05, 4.69) is 237 Å². The van der Waals surface area contributed by atoms with Crippen LogP contribution < -0.4 is 16.0 Å². The Kier molecular flexibility index (Phi) is 21.0. The topological polar surface area (TPSA) is 382 Å². The van der Waals surface area contributed by atoms with Crippen LogP contribution in [0.2, 0.25) is 0 Å². The van der Waals surface area contributed by atoms with Gasteiger partial charge >= 0.3 is 0 Å². The second-order valence-electron chi connectivity index (χ2n) is 34.5. The number of H-pyrrole nitrogens is 8. The largest absolute Gasteiger partial charge is 0.337 e. The number of imidazole rings is 5. The maximum absolute atomic E-state index is 12.8. The molecule has 2 amide bonds. The molecule has 28 nitrogen and oxygen atoms in total. The summed E-state index contributed by atoms with van der Waals surface area (Å²) in [6.07, 6.45) is 23.6. The predicted octanol–water partition coefficient (Wildman–Crippen LogP) is 23.0. The molecule has 0 spiro atoms. The summed E-state index contributed by atoms with van der Waals surface area (Å²) in [5, 5.41) is 52.6. The Bertz CT molecular complexity index is 9050. The van der Waals surface area contributed by atoms with Crippen LogP contribution in [0, 0.1) is 0 Å². The van der Waals surface area contributed by atoms with Crippen molar-refractivity contribution in [3.63, 3.8) is 0 Å². The van der Waals surface area contributed by atoms with Crippen LogP contribution >= 0.6 is 0 Å². The Balaban J connectivity index is 0.000000103. The smallest absolute Gasteiger partial charge is 0.257 e. The first-order chi connectivity index (χ1) is 67.2. The minimum Gasteiger partial charge on any atom is -0.337 e. The molecule has 14 heterocycles. The molecule has 0 unspecified atom stereocenters. The van der Waals surface area contributed by atoms with Crippen LogP contribution in [0.1, 0.15) is 49.2 Å². The van der Waals surface area contributed by atoms with Gasteiger partial charge in [0, 0.05) is 159 Å². The number of anilines is 2. The van der Waals surface area contributed by atoms with E-state index in [-0.39, 0.29) is 17.4 Å². The average molecular weight is 1790 g/mol. The fraction of sp³-hybridized carbons (Fsp3) is 0.0642. The molecule has 12 aromatic carbocycles. The molecule has 0 saturated carbocycles. The molecule has 0 fully saturated rings. The number of aromatic amines is 8. The SMILES string of the molecule is CC(=O)Nc1cccc2c(-c3ccc4[nH]nc(-c5nc6ccccc6[nH]5)c4c3)cncc12.CC(C)(C)NCc1cccc2[nH]c(-c3n[nH]c4ccc(-c5cncc6ccccc56)cc34)nc12.O=C(Nc1cccc2c(-c3ccc4[nH]nc(-c5nc6ccccc6[nH]5)c4c3)cncc12)c1cccnc1.c1ccc2c(-c3ccc4[nH]nc(-c5nc6c(Cn7ccnc7)cccc6[nH]5)c4c3)cncc2c1. The Morgan fingerprint density at radius 2 is 0.745 bits per heavy atom. The van der Waals surface area contributed by atoms with E-state index in [0.717, 1.165) is 228 Å². The number of nitrogens with one attached hydrogen (secondary N) is 11. The number of carbonyl (C=O) groups is 2. The van der Waals surface area contributed by atoms with E-state index >= 15 is 0 Å². The highest BCUT2D eigenvalue weighted by Crippen LogP contribution is 2.41. The van der Waals surface area contributed by atoms with Crippen LogP contribution in [0.5, 0.6) is 0 Å². The lowest BCUT2D eigenvalue weighted by molar-refractivity contribution is -0.114. The quantitative estimate of drug-likeness (QED) is 0.0454. The predicted molar refractivity (Wildman–Crippen MR) is 542 cm³/mol. The Hall–Kier alpha value is -18.7. The molecule has 11 N–H and O–H groups in total. The Morgan fingerprint density at radius 1 is 0.336 bits per heavy atom. The number of rotatable bonds is 15. The number of para-hydroxylation sites is 6. The molecule has 26 aromatic rings. The number of hydrogen-bond acceptors (Lipinski definition) is 17. The minimum absolute atomic E-state index is 0.0343. The summed E-state index contributed by atoms with van der Waals surface area (Å²) in [5.41, 5.74) is 27.1. The van der Waals surface area contributed by atoms with Gasteiger partial charge in [0.1, 0.15) is 22.8 Å². The second-order valence-corrected chi connectivity index (χ2v) is 34.5. The molecule has 0 radical (unpaired) electrons. The number of hydrogen-bond donors (Lipinski definition) is 11. The first kappa shape index (κ1) is 82.7. The molecule has 28 heteroatoms. The lowest BCUT2D eigenvalue weighted by Gasteiger charge is -2.20. The number of benzene rings is 12. The number of amides is 2. The van der Waals surface area contributed by atoms with E-state index in [1.807, 2.05) is 188 Å². The standard InChI is InChI=1S/C29H19N7O.C28H26N6.C27H19N7.C25H18N6O/c37-29(18-5-4-12-30-14-18)34-23-9-3-6-19-21(15-31-16-22(19)23)17-10-11-24-20(13-17)27(36-35-24)28-32-25-7-1-2-8-26(25)33-28;1-28(2,3)30-15-19-8-6-10-24-25(19)32-27(31-24)26-21-13-17(11-12-23(21)33-34-26)22-16-29-14-18-7-4-5-9-20(18)22;1-2-6-20-18(4-1)13-29-14-22(20)17-8-9-23-21(12-17)26(33-32-23)27-30-24-7-3-5-19(25(24)31-27)15-34-11-10-28-16-34;1-14(32)27-20-8-4-5-16-18(12-26-13-19(16)20)15-9-10-21-17(11-15)24(31-30-21)25-28-22-6-2-3-7-23(22)29-25/h1-16H,(H,32,33)(H,34,37)(H,35,36);4-14,16,30H,15H2,1-3H3,(H,31,32)(H,33,34);1-14,16H,15H2,(H,30,31)(H,32,33);2-13H,1H3,(H,27,32)(H,28,29)(H,30,31). The van der Waals surface area contributed by atoms with E-state index in [4.69, 9.17) is 19.9 Å². The van der Waals surface area contributed by atoms with Crippen LogP contribution in [0.3, 0.4) is 0 Å². The zero-order chi connectivity index (χ0) is 92.2. The normalized spacial score (nSPS) is 11.6. The van der Waals surface area contributed by atoms with Gasteiger partial charge in [-0.05, 0) is 185 Å². The molecule has 14 aromatic heterocycles. The molecule has 0 bridgehead atoms. The van der Waals surface area contributed by atoms with Crippen molar-refractivity contribution in [3.05, 3.63) is 352 Å². The molecule has 137 heavy (non-hydrogen) atoms. The van der Waals surface area contributed by atoms with E-state index in [9.17, 15) is 9.59 Å². The lowest BCUT2D eigenvalue weighted by atomic mass is 9.98. The van der Waals surface area contributed by atoms with Gasteiger partial charge in [-0.3, -0.25) is 54.9 Å². The van der Waals surface area contributed by atoms with Gasteiger partial charge in [-0.25, -0.2) is 24.9 Å². The summed E-state index contributed by atoms with van der Waals surface area (Å²) in [6.45, 7) is 9.47. The van der Waals surface area contributed by atoms with Crippen molar-refractivity contribution in [1.82, 2.24) is 120 Å². The van der Waals surface area contributed by atoms with Gasteiger partial charge in [-0.2, -0.15) is 20.4 Å². The van der Waals surface area contributed by atoms with Gasteiger partial charge in [0.15, 0.2) is 23.3 Å². The van der Waals surface area contributed by atoms with Crippen LogP contribution in [-0.4, -0.2) is 132 Å². The summed E-state index contributed by atoms with van der Waals surface area (Å²) in [7, 11) is 0. The Labute approximate surface area is 779 Å². The van der Waals surface area contributed by atoms with Crippen molar-refractivity contribution >= 4 is 154 Å². The summed E-state index contributed by atoms with van der Waals surface area (Å²) in [5.74, 6) is 2.60. The van der Waals surface area contributed by atoms with E-state index in [1.54, 1.807) is 43.1 Å². The number of pyridine rings is 5. The van der Waals surface area contributed by atoms with Gasteiger partial charge in [-0.15, -0.1) is 0 Å². The number of nitrogens with zero attached hydrogens (tertiary/aromatic N) is 15. The molecule has 26 rings (SSSR count). The fourth-order valence-electron chi connectivity index (χ4n) is 17.8. The summed E-state index contributed by atoms with van der Waals surface area (Å²) < 4.78 is 2.04. The van der Waals surface area contributed by atoms with Gasteiger partial charge in [0.05, 0.1) is 96.0 Å². The average Bonchev–Trinajstić information content (AvgIpc) is 1.52. The van der Waals surface area contributed by atoms with E-state index < -0.39 is 0 Å². The number of fused-ring (bicyclic) bond motifs is 12. The van der Waals surface area contributed by atoms with E-state index in [1.165, 1.54) is 17.7 Å². The molecule has 660 valence electrons. The van der Waals surface area contributed by atoms with Crippen molar-refractivity contribution in [1.29, 1.82) is 0 Å². The molecule has 0 aliphatic carbocycles. The molecular weight excluding hydrogens is 1710 g/mol. The first-order valence-electron chi connectivity index (χ1n) is 44.6. The van der Waals surface area contributed by atoms with Gasteiger partial charge in [-0.1, -0.05) is 146 Å². The molecule has 0 aliphatic heterocycles. The first-order valence-corrected chi connectivity index (χ1v) is 44.6. The van der Waals surface area contributed by atoms with Gasteiger partial charge in [0.25, 0.3) is 5.91 Å². The Morgan fingerprint density at radius 3 is 1.20 bits per heavy atom. The third-order valence-corrected chi connectivity index (χ3v) is 24.5. The lowest BCUT2D eigenvalue weighted by Crippen LogP contribution is -2.35. The minimum atomic E-state index is -0.221. The monoisotopic (exact) mass is 1790 g/mol. The summed E-state index contributed by atoms with van der Waals surface area (Å²) in [4.78, 5) is 83.5. The van der Waals surface area contributed by atoms with Gasteiger partial charge in [0.2, 0.25) is 5.91 Å². The van der Waals surface area contributed by atoms with Crippen LogP contribution in [0.25, 0.3) is 221 Å². The molecular formula is C109H82N26O2. The fourth-order valence-corrected chi connectivity index (χ4v) is 17.8. The zero-order valence-corrected chi connectivity index (χ0v) is 74.2. The number of carbonyl (C=O) groups excluding carboxylic acids is 2.